The molecular weight excluding hydrogens is 514 g/mol. The average molecular weight is 534 g/mol. The highest BCUT2D eigenvalue weighted by Gasteiger charge is 2.14. The molecule has 170 valence electrons. The third kappa shape index (κ3) is 8.37. The summed E-state index contributed by atoms with van der Waals surface area (Å²) in [5.41, 5.74) is 0. The van der Waals surface area contributed by atoms with E-state index < -0.39 is 0 Å². The second-order valence-electron chi connectivity index (χ2n) is 7.53. The Morgan fingerprint density at radius 3 is 1.59 bits per heavy atom. The maximum atomic E-state index is 6.06. The molecule has 0 atom stereocenters. The molecule has 0 aliphatic carbocycles. The van der Waals surface area contributed by atoms with Crippen molar-refractivity contribution in [2.75, 3.05) is 17.6 Å². The van der Waals surface area contributed by atoms with Gasteiger partial charge in [0.15, 0.2) is 0 Å². The molecule has 0 radical (unpaired) electrons. The highest BCUT2D eigenvalue weighted by molar-refractivity contribution is 8.00. The Hall–Kier alpha value is -1.64. The Labute approximate surface area is 211 Å². The highest BCUT2D eigenvalue weighted by Crippen LogP contribution is 2.30. The van der Waals surface area contributed by atoms with Crippen LogP contribution in [0.15, 0.2) is 36.4 Å². The van der Waals surface area contributed by atoms with Crippen molar-refractivity contribution in [3.05, 3.63) is 56.5 Å². The van der Waals surface area contributed by atoms with Crippen LogP contribution in [-0.4, -0.2) is 32.0 Å². The molecule has 1 heterocycles. The number of hydrogen-bond acceptors (Lipinski definition) is 7. The maximum absolute atomic E-state index is 6.06. The summed E-state index contributed by atoms with van der Waals surface area (Å²) >= 11 is 26.0. The van der Waals surface area contributed by atoms with E-state index >= 15 is 0 Å². The molecule has 0 unspecified atom stereocenters. The minimum absolute atomic E-state index is 0.00688. The van der Waals surface area contributed by atoms with Crippen LogP contribution in [0.25, 0.3) is 0 Å². The fraction of sp³-hybridized carbons (Fsp3) is 0.286. The molecule has 3 rings (SSSR count). The quantitative estimate of drug-likeness (QED) is 0.294. The van der Waals surface area contributed by atoms with Gasteiger partial charge in [0.05, 0.1) is 0 Å². The number of ether oxygens (including phenoxy) is 2. The minimum Gasteiger partial charge on any atom is -0.424 e. The number of aromatic nitrogens is 3. The van der Waals surface area contributed by atoms with Gasteiger partial charge in [-0.05, 0) is 36.4 Å². The molecule has 11 heteroatoms. The first kappa shape index (κ1) is 25.0. The van der Waals surface area contributed by atoms with Crippen molar-refractivity contribution in [2.45, 2.75) is 25.5 Å². The van der Waals surface area contributed by atoms with Gasteiger partial charge in [-0.15, -0.1) is 4.98 Å². The number of nitrogens with one attached hydrogen (secondary N) is 1. The van der Waals surface area contributed by atoms with E-state index in [1.807, 2.05) is 11.8 Å². The van der Waals surface area contributed by atoms with Gasteiger partial charge in [0.25, 0.3) is 0 Å². The lowest BCUT2D eigenvalue weighted by Crippen LogP contribution is -2.14. The fourth-order valence-electron chi connectivity index (χ4n) is 2.41. The lowest BCUT2D eigenvalue weighted by molar-refractivity contribution is 0.399. The zero-order chi connectivity index (χ0) is 23.3. The predicted octanol–water partition coefficient (Wildman–Crippen LogP) is 8.01. The number of nitrogens with zero attached hydrogens (tertiary/aromatic N) is 3. The maximum Gasteiger partial charge on any atom is 0.330 e. The molecular formula is C21H20Cl4N4O2S. The summed E-state index contributed by atoms with van der Waals surface area (Å²) in [6.45, 7) is 7.11. The summed E-state index contributed by atoms with van der Waals surface area (Å²) < 4.78 is 11.7. The topological polar surface area (TPSA) is 69.2 Å². The van der Waals surface area contributed by atoms with Crippen LogP contribution >= 0.6 is 58.2 Å². The Morgan fingerprint density at radius 2 is 1.19 bits per heavy atom. The van der Waals surface area contributed by atoms with Gasteiger partial charge in [0, 0.05) is 37.1 Å². The number of anilines is 1. The lowest BCUT2D eigenvalue weighted by Gasteiger charge is -2.17. The Morgan fingerprint density at radius 1 is 0.750 bits per heavy atom. The summed E-state index contributed by atoms with van der Waals surface area (Å²) in [6.07, 6.45) is 0. The predicted molar refractivity (Wildman–Crippen MR) is 134 cm³/mol. The van der Waals surface area contributed by atoms with Gasteiger partial charge >= 0.3 is 12.0 Å². The molecule has 1 N–H and O–H groups in total. The summed E-state index contributed by atoms with van der Waals surface area (Å²) in [7, 11) is 0. The SMILES string of the molecule is CC(C)(C)SCCNc1nc(Oc2cc(Cl)cc(Cl)c2)nc(Oc2cc(Cl)cc(Cl)c2)n1. The zero-order valence-corrected chi connectivity index (χ0v) is 21.3. The van der Waals surface area contributed by atoms with Crippen LogP contribution in [0.1, 0.15) is 20.8 Å². The van der Waals surface area contributed by atoms with Crippen molar-refractivity contribution in [1.29, 1.82) is 0 Å². The molecule has 6 nitrogen and oxygen atoms in total. The van der Waals surface area contributed by atoms with Crippen LogP contribution in [0, 0.1) is 0 Å². The van der Waals surface area contributed by atoms with Gasteiger partial charge in [-0.1, -0.05) is 67.2 Å². The van der Waals surface area contributed by atoms with Crippen molar-refractivity contribution in [2.24, 2.45) is 0 Å². The number of hydrogen-bond donors (Lipinski definition) is 1. The number of thioether (sulfide) groups is 1. The van der Waals surface area contributed by atoms with Crippen molar-refractivity contribution < 1.29 is 9.47 Å². The molecule has 0 fully saturated rings. The molecule has 0 aliphatic heterocycles. The van der Waals surface area contributed by atoms with Crippen LogP contribution in [-0.2, 0) is 0 Å². The number of halogens is 4. The molecule has 0 amide bonds. The molecule has 1 aromatic heterocycles. The summed E-state index contributed by atoms with van der Waals surface area (Å²) in [4.78, 5) is 12.9. The second-order valence-corrected chi connectivity index (χ2v) is 11.2. The average Bonchev–Trinajstić information content (AvgIpc) is 2.62. The van der Waals surface area contributed by atoms with E-state index in [2.05, 4.69) is 41.0 Å². The molecule has 0 saturated carbocycles. The van der Waals surface area contributed by atoms with Crippen molar-refractivity contribution in [3.63, 3.8) is 0 Å². The number of benzene rings is 2. The van der Waals surface area contributed by atoms with E-state index in [9.17, 15) is 0 Å². The molecule has 32 heavy (non-hydrogen) atoms. The molecule has 2 aromatic carbocycles. The minimum atomic E-state index is 0.00688. The van der Waals surface area contributed by atoms with Crippen molar-refractivity contribution in [3.8, 4) is 23.5 Å². The second kappa shape index (κ2) is 11.0. The first-order valence-electron chi connectivity index (χ1n) is 9.47. The Kier molecular flexibility index (Phi) is 8.58. The molecule has 0 aliphatic rings. The van der Waals surface area contributed by atoms with E-state index in [0.717, 1.165) is 5.75 Å². The van der Waals surface area contributed by atoms with Gasteiger partial charge in [-0.2, -0.15) is 21.7 Å². The van der Waals surface area contributed by atoms with E-state index in [1.165, 1.54) is 0 Å². The smallest absolute Gasteiger partial charge is 0.330 e. The van der Waals surface area contributed by atoms with Gasteiger partial charge in [-0.25, -0.2) is 0 Å². The number of rotatable bonds is 8. The highest BCUT2D eigenvalue weighted by atomic mass is 35.5. The van der Waals surface area contributed by atoms with Gasteiger partial charge < -0.3 is 14.8 Å². The Balaban J connectivity index is 1.84. The normalized spacial score (nSPS) is 11.3. The van der Waals surface area contributed by atoms with Crippen LogP contribution in [0.4, 0.5) is 5.95 Å². The molecule has 0 spiro atoms. The largest absolute Gasteiger partial charge is 0.424 e. The Bertz CT molecular complexity index is 984. The fourth-order valence-corrected chi connectivity index (χ4v) is 4.24. The van der Waals surface area contributed by atoms with Crippen LogP contribution in [0.5, 0.6) is 23.5 Å². The third-order valence-electron chi connectivity index (χ3n) is 3.61. The summed E-state index contributed by atoms with van der Waals surface area (Å²) in [6, 6.07) is 9.60. The van der Waals surface area contributed by atoms with E-state index in [-0.39, 0.29) is 16.8 Å². The van der Waals surface area contributed by atoms with E-state index in [1.54, 1.807) is 36.4 Å². The molecule has 0 bridgehead atoms. The first-order valence-corrected chi connectivity index (χ1v) is 12.0. The molecule has 3 aromatic rings. The van der Waals surface area contributed by atoms with Crippen molar-refractivity contribution in [1.82, 2.24) is 15.0 Å². The van der Waals surface area contributed by atoms with Gasteiger partial charge in [0.2, 0.25) is 5.95 Å². The summed E-state index contributed by atoms with van der Waals surface area (Å²) in [5, 5.41) is 4.85. The van der Waals surface area contributed by atoms with E-state index in [0.29, 0.717) is 44.1 Å². The lowest BCUT2D eigenvalue weighted by atomic mass is 10.3. The van der Waals surface area contributed by atoms with Crippen LogP contribution < -0.4 is 14.8 Å². The summed E-state index contributed by atoms with van der Waals surface area (Å²) in [5.74, 6) is 1.90. The third-order valence-corrected chi connectivity index (χ3v) is 5.75. The van der Waals surface area contributed by atoms with Gasteiger partial charge in [0.1, 0.15) is 11.5 Å². The zero-order valence-electron chi connectivity index (χ0n) is 17.5. The van der Waals surface area contributed by atoms with Gasteiger partial charge in [-0.3, -0.25) is 0 Å². The van der Waals surface area contributed by atoms with Crippen molar-refractivity contribution >= 4 is 64.1 Å². The first-order chi connectivity index (χ1) is 15.1. The molecule has 0 saturated heterocycles. The van der Waals surface area contributed by atoms with Crippen LogP contribution in [0.2, 0.25) is 20.1 Å². The van der Waals surface area contributed by atoms with E-state index in [4.69, 9.17) is 55.9 Å². The monoisotopic (exact) mass is 532 g/mol. The van der Waals surface area contributed by atoms with Crippen LogP contribution in [0.3, 0.4) is 0 Å². The standard InChI is InChI=1S/C21H20Cl4N4O2S/c1-21(2,3)32-5-4-26-18-27-19(30-16-8-12(22)6-13(23)9-16)29-20(28-18)31-17-10-14(24)7-15(25)11-17/h6-11H,4-5H2,1-3H3,(H,26,27,28,29).